The van der Waals surface area contributed by atoms with Crippen LogP contribution in [-0.2, 0) is 4.74 Å². The van der Waals surface area contributed by atoms with Crippen molar-refractivity contribution in [3.8, 4) is 6.07 Å². The summed E-state index contributed by atoms with van der Waals surface area (Å²) in [4.78, 5) is 4.29. The van der Waals surface area contributed by atoms with Crippen molar-refractivity contribution in [1.29, 1.82) is 5.26 Å². The Balaban J connectivity index is 2.37. The summed E-state index contributed by atoms with van der Waals surface area (Å²) in [6.45, 7) is 4.99. The van der Waals surface area contributed by atoms with E-state index in [1.807, 2.05) is 6.07 Å². The zero-order chi connectivity index (χ0) is 8.97. The lowest BCUT2D eigenvalue weighted by Crippen LogP contribution is -2.09. The Morgan fingerprint density at radius 2 is 2.50 bits per heavy atom. The van der Waals surface area contributed by atoms with Crippen molar-refractivity contribution in [2.75, 3.05) is 6.61 Å². The minimum atomic E-state index is 0.286. The average Bonchev–Trinajstić information content (AvgIpc) is 2.36. The fourth-order valence-electron chi connectivity index (χ4n) is 1.30. The van der Waals surface area contributed by atoms with Crippen molar-refractivity contribution in [2.24, 2.45) is 10.9 Å². The van der Waals surface area contributed by atoms with Crippen LogP contribution in [0.15, 0.2) is 4.99 Å². The highest BCUT2D eigenvalue weighted by Gasteiger charge is 2.18. The van der Waals surface area contributed by atoms with Gasteiger partial charge in [0, 0.05) is 0 Å². The van der Waals surface area contributed by atoms with E-state index < -0.39 is 0 Å². The molecule has 0 fully saturated rings. The molecule has 0 spiro atoms. The number of aliphatic imine (C=N–C) groups is 1. The van der Waals surface area contributed by atoms with E-state index in [4.69, 9.17) is 10.00 Å². The van der Waals surface area contributed by atoms with Gasteiger partial charge >= 0.3 is 0 Å². The summed E-state index contributed by atoms with van der Waals surface area (Å²) >= 11 is 0. The van der Waals surface area contributed by atoms with Crippen LogP contribution in [0.3, 0.4) is 0 Å². The van der Waals surface area contributed by atoms with E-state index in [-0.39, 0.29) is 6.04 Å². The molecule has 1 aliphatic rings. The van der Waals surface area contributed by atoms with Gasteiger partial charge in [-0.1, -0.05) is 13.8 Å². The van der Waals surface area contributed by atoms with E-state index in [1.54, 1.807) is 0 Å². The summed E-state index contributed by atoms with van der Waals surface area (Å²) in [5.41, 5.74) is 0. The molecule has 0 aliphatic carbocycles. The lowest BCUT2D eigenvalue weighted by atomic mass is 10.1. The predicted molar refractivity (Wildman–Crippen MR) is 46.9 cm³/mol. The van der Waals surface area contributed by atoms with E-state index in [0.717, 1.165) is 6.42 Å². The number of ether oxygens (including phenoxy) is 1. The van der Waals surface area contributed by atoms with Gasteiger partial charge < -0.3 is 4.74 Å². The molecule has 1 aliphatic heterocycles. The number of rotatable bonds is 3. The van der Waals surface area contributed by atoms with Crippen molar-refractivity contribution >= 4 is 5.90 Å². The largest absolute Gasteiger partial charge is 0.478 e. The van der Waals surface area contributed by atoms with Crippen molar-refractivity contribution in [1.82, 2.24) is 0 Å². The second kappa shape index (κ2) is 4.10. The number of nitriles is 1. The van der Waals surface area contributed by atoms with Gasteiger partial charge in [-0.3, -0.25) is 0 Å². The molecule has 66 valence electrons. The first-order valence-corrected chi connectivity index (χ1v) is 4.28. The third kappa shape index (κ3) is 2.54. The summed E-state index contributed by atoms with van der Waals surface area (Å²) in [6.07, 6.45) is 1.36. The predicted octanol–water partition coefficient (Wildman–Crippen LogP) is 1.74. The first-order chi connectivity index (χ1) is 5.72. The number of hydrogen-bond acceptors (Lipinski definition) is 3. The molecule has 1 atom stereocenters. The molecule has 0 aromatic heterocycles. The molecular formula is C9H14N2O. The smallest absolute Gasteiger partial charge is 0.198 e. The lowest BCUT2D eigenvalue weighted by Gasteiger charge is -2.06. The molecule has 0 saturated carbocycles. The Morgan fingerprint density at radius 3 is 3.08 bits per heavy atom. The first-order valence-electron chi connectivity index (χ1n) is 4.28. The number of nitrogens with zero attached hydrogens (tertiary/aromatic N) is 2. The minimum absolute atomic E-state index is 0.286. The third-order valence-corrected chi connectivity index (χ3v) is 1.74. The summed E-state index contributed by atoms with van der Waals surface area (Å²) < 4.78 is 5.23. The highest BCUT2D eigenvalue weighted by Crippen LogP contribution is 2.14. The van der Waals surface area contributed by atoms with Gasteiger partial charge in [0.25, 0.3) is 0 Å². The zero-order valence-electron chi connectivity index (χ0n) is 7.58. The Labute approximate surface area is 73.1 Å². The SMILES string of the molecule is CC(C)C[C@@H]1COC(CC#N)=N1. The van der Waals surface area contributed by atoms with Crippen molar-refractivity contribution in [3.05, 3.63) is 0 Å². The monoisotopic (exact) mass is 166 g/mol. The van der Waals surface area contributed by atoms with Crippen LogP contribution in [0.2, 0.25) is 0 Å². The molecule has 12 heavy (non-hydrogen) atoms. The molecular weight excluding hydrogens is 152 g/mol. The standard InChI is InChI=1S/C9H14N2O/c1-7(2)5-8-6-12-9(11-8)3-4-10/h7-8H,3,5-6H2,1-2H3/t8-/m1/s1. The van der Waals surface area contributed by atoms with E-state index in [9.17, 15) is 0 Å². The second-order valence-electron chi connectivity index (χ2n) is 3.45. The van der Waals surface area contributed by atoms with Gasteiger partial charge in [-0.25, -0.2) is 4.99 Å². The van der Waals surface area contributed by atoms with Crippen LogP contribution >= 0.6 is 0 Å². The van der Waals surface area contributed by atoms with Crippen molar-refractivity contribution < 1.29 is 4.74 Å². The Hall–Kier alpha value is -1.04. The molecule has 0 amide bonds. The molecule has 0 radical (unpaired) electrons. The van der Waals surface area contributed by atoms with Crippen LogP contribution < -0.4 is 0 Å². The second-order valence-corrected chi connectivity index (χ2v) is 3.45. The van der Waals surface area contributed by atoms with Crippen molar-refractivity contribution in [2.45, 2.75) is 32.7 Å². The molecule has 3 heteroatoms. The van der Waals surface area contributed by atoms with Gasteiger partial charge in [-0.05, 0) is 12.3 Å². The van der Waals surface area contributed by atoms with Crippen LogP contribution in [0.5, 0.6) is 0 Å². The van der Waals surface area contributed by atoms with Gasteiger partial charge in [0.1, 0.15) is 13.0 Å². The normalized spacial score (nSPS) is 21.8. The van der Waals surface area contributed by atoms with Gasteiger partial charge in [0.05, 0.1) is 12.1 Å². The molecule has 1 heterocycles. The van der Waals surface area contributed by atoms with Crippen LogP contribution in [0, 0.1) is 17.2 Å². The highest BCUT2D eigenvalue weighted by molar-refractivity contribution is 5.79. The maximum absolute atomic E-state index is 8.38. The summed E-state index contributed by atoms with van der Waals surface area (Å²) in [5.74, 6) is 1.26. The molecule has 1 rings (SSSR count). The van der Waals surface area contributed by atoms with Gasteiger partial charge in [0.2, 0.25) is 0 Å². The lowest BCUT2D eigenvalue weighted by molar-refractivity contribution is 0.297. The first kappa shape index (κ1) is 9.05. The van der Waals surface area contributed by atoms with E-state index >= 15 is 0 Å². The Morgan fingerprint density at radius 1 is 1.75 bits per heavy atom. The maximum Gasteiger partial charge on any atom is 0.198 e. The summed E-state index contributed by atoms with van der Waals surface area (Å²) in [6, 6.07) is 2.31. The molecule has 0 N–H and O–H groups in total. The summed E-state index contributed by atoms with van der Waals surface area (Å²) in [5, 5.41) is 8.38. The van der Waals surface area contributed by atoms with E-state index in [1.165, 1.54) is 0 Å². The topological polar surface area (TPSA) is 45.4 Å². The Bertz CT molecular complexity index is 215. The van der Waals surface area contributed by atoms with Crippen LogP contribution in [0.25, 0.3) is 0 Å². The average molecular weight is 166 g/mol. The molecule has 0 saturated heterocycles. The summed E-state index contributed by atoms with van der Waals surface area (Å²) in [7, 11) is 0. The van der Waals surface area contributed by atoms with Gasteiger partial charge in [-0.2, -0.15) is 5.26 Å². The maximum atomic E-state index is 8.38. The molecule has 0 unspecified atom stereocenters. The molecule has 0 aromatic rings. The van der Waals surface area contributed by atoms with Crippen LogP contribution in [-0.4, -0.2) is 18.5 Å². The van der Waals surface area contributed by atoms with E-state index in [0.29, 0.717) is 24.8 Å². The molecule has 3 nitrogen and oxygen atoms in total. The van der Waals surface area contributed by atoms with Crippen molar-refractivity contribution in [3.63, 3.8) is 0 Å². The van der Waals surface area contributed by atoms with Crippen LogP contribution in [0.1, 0.15) is 26.7 Å². The van der Waals surface area contributed by atoms with Crippen LogP contribution in [0.4, 0.5) is 0 Å². The fraction of sp³-hybridized carbons (Fsp3) is 0.778. The van der Waals surface area contributed by atoms with Gasteiger partial charge in [0.15, 0.2) is 5.90 Å². The third-order valence-electron chi connectivity index (χ3n) is 1.74. The van der Waals surface area contributed by atoms with E-state index in [2.05, 4.69) is 18.8 Å². The molecule has 0 bridgehead atoms. The number of hydrogen-bond donors (Lipinski definition) is 0. The van der Waals surface area contributed by atoms with Gasteiger partial charge in [-0.15, -0.1) is 0 Å². The Kier molecular flexibility index (Phi) is 3.09. The minimum Gasteiger partial charge on any atom is -0.478 e. The quantitative estimate of drug-likeness (QED) is 0.641. The molecule has 0 aromatic carbocycles. The fourth-order valence-corrected chi connectivity index (χ4v) is 1.30. The highest BCUT2D eigenvalue weighted by atomic mass is 16.5. The zero-order valence-corrected chi connectivity index (χ0v) is 7.58.